The van der Waals surface area contributed by atoms with Gasteiger partial charge in [-0.15, -0.1) is 13.2 Å². The number of alkyl halides is 3. The highest BCUT2D eigenvalue weighted by Crippen LogP contribution is 2.36. The largest absolute Gasteiger partial charge is 0.573 e. The third-order valence-electron chi connectivity index (χ3n) is 5.21. The van der Waals surface area contributed by atoms with E-state index in [9.17, 15) is 18.0 Å². The van der Waals surface area contributed by atoms with Gasteiger partial charge in [-0.1, -0.05) is 31.2 Å². The lowest BCUT2D eigenvalue weighted by molar-refractivity contribution is -0.274. The van der Waals surface area contributed by atoms with Crippen LogP contribution in [-0.2, 0) is 15.9 Å². The van der Waals surface area contributed by atoms with Gasteiger partial charge in [-0.25, -0.2) is 4.79 Å². The summed E-state index contributed by atoms with van der Waals surface area (Å²) < 4.78 is 54.6. The van der Waals surface area contributed by atoms with Crippen LogP contribution in [0.2, 0.25) is 24.7 Å². The first-order valence-corrected chi connectivity index (χ1v) is 14.6. The Balaban J connectivity index is 2.08. The number of H-pyrrole nitrogens is 1. The maximum atomic E-state index is 13.0. The molecule has 1 aromatic carbocycles. The molecule has 11 heteroatoms. The average molecular weight is 507 g/mol. The number of aromatic amines is 1. The minimum atomic E-state index is -4.85. The van der Waals surface area contributed by atoms with Crippen LogP contribution in [0.15, 0.2) is 12.1 Å². The second kappa shape index (κ2) is 9.03. The van der Waals surface area contributed by atoms with Crippen molar-refractivity contribution >= 4 is 42.0 Å². The van der Waals surface area contributed by atoms with E-state index in [0.717, 1.165) is 16.9 Å². The molecule has 0 unspecified atom stereocenters. The summed E-state index contributed by atoms with van der Waals surface area (Å²) in [6.07, 6.45) is -4.92. The second-order valence-corrected chi connectivity index (χ2v) is 15.6. The smallest absolute Gasteiger partial charge is 0.444 e. The Hall–Kier alpha value is -1.91. The van der Waals surface area contributed by atoms with Crippen molar-refractivity contribution in [2.45, 2.75) is 64.8 Å². The molecular weight excluding hydrogens is 477 g/mol. The average Bonchev–Trinajstić information content (AvgIpc) is 2.98. The van der Waals surface area contributed by atoms with Crippen LogP contribution in [-0.4, -0.2) is 61.8 Å². The standard InChI is InChI=1S/C22H30ClF3N2O4Si/c1-21(2,3)32-20(29)28-7-8-30-12-14(28)11-16-15-9-13(23)10-17(31-22(24,25)26)18(15)27-19(16)33(4,5)6/h9-10,14,27H,7-8,11-12H2,1-6H3/t14-/m0/s1. The lowest BCUT2D eigenvalue weighted by atomic mass is 10.0. The summed E-state index contributed by atoms with van der Waals surface area (Å²) in [4.78, 5) is 17.7. The highest BCUT2D eigenvalue weighted by atomic mass is 35.5. The van der Waals surface area contributed by atoms with Gasteiger partial charge in [-0.2, -0.15) is 0 Å². The molecule has 1 fully saturated rings. The molecule has 1 saturated heterocycles. The molecular formula is C22H30ClF3N2O4Si. The third kappa shape index (κ3) is 6.36. The van der Waals surface area contributed by atoms with Gasteiger partial charge in [0.05, 0.1) is 32.8 Å². The Morgan fingerprint density at radius 3 is 2.52 bits per heavy atom. The maximum absolute atomic E-state index is 13.0. The first kappa shape index (κ1) is 25.7. The van der Waals surface area contributed by atoms with E-state index < -0.39 is 26.1 Å². The van der Waals surface area contributed by atoms with Crippen molar-refractivity contribution in [3.8, 4) is 5.75 Å². The van der Waals surface area contributed by atoms with E-state index in [1.54, 1.807) is 31.7 Å². The summed E-state index contributed by atoms with van der Waals surface area (Å²) in [5.41, 5.74) is 0.411. The number of benzene rings is 1. The van der Waals surface area contributed by atoms with Gasteiger partial charge in [0.2, 0.25) is 0 Å². The Bertz CT molecular complexity index is 1030. The van der Waals surface area contributed by atoms with Crippen LogP contribution in [0.3, 0.4) is 0 Å². The summed E-state index contributed by atoms with van der Waals surface area (Å²) in [7, 11) is -2.04. The molecule has 0 bridgehead atoms. The number of nitrogens with zero attached hydrogens (tertiary/aromatic N) is 1. The lowest BCUT2D eigenvalue weighted by Gasteiger charge is -2.37. The number of morpholine rings is 1. The van der Waals surface area contributed by atoms with E-state index in [2.05, 4.69) is 29.4 Å². The fourth-order valence-corrected chi connectivity index (χ4v) is 5.81. The number of carbonyl (C=O) groups is 1. The van der Waals surface area contributed by atoms with Crippen LogP contribution >= 0.6 is 11.6 Å². The number of rotatable bonds is 4. The highest BCUT2D eigenvalue weighted by Gasteiger charge is 2.36. The molecule has 0 saturated carbocycles. The molecule has 184 valence electrons. The zero-order valence-electron chi connectivity index (χ0n) is 19.7. The zero-order chi connectivity index (χ0) is 24.8. The summed E-state index contributed by atoms with van der Waals surface area (Å²) in [6, 6.07) is 2.45. The Morgan fingerprint density at radius 2 is 1.94 bits per heavy atom. The first-order chi connectivity index (χ1) is 15.0. The van der Waals surface area contributed by atoms with Crippen LogP contribution in [0.1, 0.15) is 26.3 Å². The van der Waals surface area contributed by atoms with E-state index in [1.165, 1.54) is 0 Å². The lowest BCUT2D eigenvalue weighted by Crippen LogP contribution is -2.52. The minimum absolute atomic E-state index is 0.132. The van der Waals surface area contributed by atoms with Crippen LogP contribution in [0.4, 0.5) is 18.0 Å². The minimum Gasteiger partial charge on any atom is -0.444 e. The van der Waals surface area contributed by atoms with Crippen molar-refractivity contribution in [3.05, 3.63) is 22.7 Å². The monoisotopic (exact) mass is 506 g/mol. The number of fused-ring (bicyclic) bond motifs is 1. The first-order valence-electron chi connectivity index (χ1n) is 10.7. The Labute approximate surface area is 197 Å². The number of halogens is 4. The quantitative estimate of drug-likeness (QED) is 0.560. The third-order valence-corrected chi connectivity index (χ3v) is 7.36. The molecule has 1 aliphatic rings. The van der Waals surface area contributed by atoms with Crippen LogP contribution in [0.25, 0.3) is 10.9 Å². The van der Waals surface area contributed by atoms with Crippen molar-refractivity contribution in [3.63, 3.8) is 0 Å². The van der Waals surface area contributed by atoms with Gasteiger partial charge in [-0.3, -0.25) is 0 Å². The van der Waals surface area contributed by atoms with E-state index in [-0.39, 0.29) is 22.3 Å². The molecule has 1 aromatic heterocycles. The molecule has 1 N–H and O–H groups in total. The molecule has 33 heavy (non-hydrogen) atoms. The predicted molar refractivity (Wildman–Crippen MR) is 124 cm³/mol. The van der Waals surface area contributed by atoms with Crippen molar-refractivity contribution < 1.29 is 32.2 Å². The molecule has 2 aromatic rings. The van der Waals surface area contributed by atoms with Crippen molar-refractivity contribution in [2.24, 2.45) is 0 Å². The summed E-state index contributed by atoms with van der Waals surface area (Å²) in [6.45, 7) is 12.7. The maximum Gasteiger partial charge on any atom is 0.573 e. The zero-order valence-corrected chi connectivity index (χ0v) is 21.4. The molecule has 1 amide bonds. The van der Waals surface area contributed by atoms with E-state index in [0.29, 0.717) is 31.6 Å². The molecule has 0 aliphatic carbocycles. The normalized spacial score (nSPS) is 18.0. The van der Waals surface area contributed by atoms with Gasteiger partial charge in [0.15, 0.2) is 5.75 Å². The van der Waals surface area contributed by atoms with Gasteiger partial charge in [0.25, 0.3) is 0 Å². The van der Waals surface area contributed by atoms with Crippen LogP contribution in [0, 0.1) is 0 Å². The number of ether oxygens (including phenoxy) is 3. The number of hydrogen-bond donors (Lipinski definition) is 1. The number of aromatic nitrogens is 1. The van der Waals surface area contributed by atoms with Gasteiger partial charge >= 0.3 is 12.5 Å². The molecule has 1 aliphatic heterocycles. The SMILES string of the molecule is CC(C)(C)OC(=O)N1CCOC[C@@H]1Cc1c([Si](C)(C)C)[nH]c2c(OC(F)(F)F)cc(Cl)cc12. The topological polar surface area (TPSA) is 63.8 Å². The van der Waals surface area contributed by atoms with Crippen molar-refractivity contribution in [1.29, 1.82) is 0 Å². The molecule has 1 atom stereocenters. The molecule has 2 heterocycles. The Kier molecular flexibility index (Phi) is 7.04. The van der Waals surface area contributed by atoms with Crippen molar-refractivity contribution in [1.82, 2.24) is 9.88 Å². The summed E-state index contributed by atoms with van der Waals surface area (Å²) in [5.74, 6) is -0.375. The number of nitrogens with one attached hydrogen (secondary N) is 1. The molecule has 6 nitrogen and oxygen atoms in total. The van der Waals surface area contributed by atoms with E-state index >= 15 is 0 Å². The van der Waals surface area contributed by atoms with Crippen LogP contribution < -0.4 is 10.1 Å². The number of amides is 1. The highest BCUT2D eigenvalue weighted by molar-refractivity contribution is 6.88. The van der Waals surface area contributed by atoms with Gasteiger partial charge in [0.1, 0.15) is 5.60 Å². The van der Waals surface area contributed by atoms with E-state index in [1.807, 2.05) is 0 Å². The summed E-state index contributed by atoms with van der Waals surface area (Å²) >= 11 is 6.18. The van der Waals surface area contributed by atoms with E-state index in [4.69, 9.17) is 21.1 Å². The van der Waals surface area contributed by atoms with Crippen LogP contribution in [0.5, 0.6) is 5.75 Å². The van der Waals surface area contributed by atoms with Gasteiger partial charge in [-0.05, 0) is 38.8 Å². The van der Waals surface area contributed by atoms with Crippen molar-refractivity contribution in [2.75, 3.05) is 19.8 Å². The fourth-order valence-electron chi connectivity index (χ4n) is 3.96. The fraction of sp³-hybridized carbons (Fsp3) is 0.591. The molecule has 0 spiro atoms. The second-order valence-electron chi connectivity index (χ2n) is 10.2. The molecule has 3 rings (SSSR count). The number of hydrogen-bond acceptors (Lipinski definition) is 4. The van der Waals surface area contributed by atoms with Gasteiger partial charge in [0, 0.05) is 28.3 Å². The summed E-state index contributed by atoms with van der Waals surface area (Å²) in [5, 5.41) is 1.56. The molecule has 0 radical (unpaired) electrons. The predicted octanol–water partition coefficient (Wildman–Crippen LogP) is 5.44. The van der Waals surface area contributed by atoms with Gasteiger partial charge < -0.3 is 24.1 Å². The Morgan fingerprint density at radius 1 is 1.27 bits per heavy atom. The number of carbonyl (C=O) groups excluding carboxylic acids is 1.